The summed E-state index contributed by atoms with van der Waals surface area (Å²) < 4.78 is 0. The molecular formula is C12H14N2O2. The van der Waals surface area contributed by atoms with Crippen LogP contribution < -0.4 is 10.6 Å². The van der Waals surface area contributed by atoms with Crippen molar-refractivity contribution in [2.24, 2.45) is 0 Å². The highest BCUT2D eigenvalue weighted by Crippen LogP contribution is 2.04. The van der Waals surface area contributed by atoms with E-state index in [9.17, 15) is 9.59 Å². The van der Waals surface area contributed by atoms with E-state index in [4.69, 9.17) is 0 Å². The van der Waals surface area contributed by atoms with E-state index in [1.165, 1.54) is 14.0 Å². The summed E-state index contributed by atoms with van der Waals surface area (Å²) in [6.45, 7) is 1.36. The summed E-state index contributed by atoms with van der Waals surface area (Å²) in [4.78, 5) is 22.4. The highest BCUT2D eigenvalue weighted by atomic mass is 16.2. The van der Waals surface area contributed by atoms with Crippen LogP contribution in [0.15, 0.2) is 36.0 Å². The zero-order chi connectivity index (χ0) is 12.0. The molecule has 0 aliphatic heterocycles. The van der Waals surface area contributed by atoms with Crippen molar-refractivity contribution in [2.45, 2.75) is 6.92 Å². The molecule has 2 N–H and O–H groups in total. The van der Waals surface area contributed by atoms with Crippen molar-refractivity contribution in [3.8, 4) is 0 Å². The van der Waals surface area contributed by atoms with Crippen molar-refractivity contribution < 1.29 is 9.59 Å². The zero-order valence-corrected chi connectivity index (χ0v) is 9.28. The van der Waals surface area contributed by atoms with Gasteiger partial charge in [-0.25, -0.2) is 0 Å². The maximum Gasteiger partial charge on any atom is 0.267 e. The molecule has 4 heteroatoms. The third-order valence-corrected chi connectivity index (χ3v) is 1.89. The molecule has 0 radical (unpaired) electrons. The Hall–Kier alpha value is -2.10. The fourth-order valence-corrected chi connectivity index (χ4v) is 1.20. The molecule has 0 saturated heterocycles. The fraction of sp³-hybridized carbons (Fsp3) is 0.167. The number of carbonyl (C=O) groups is 2. The summed E-state index contributed by atoms with van der Waals surface area (Å²) in [7, 11) is 1.52. The molecule has 0 fully saturated rings. The molecule has 0 saturated carbocycles. The Kier molecular flexibility index (Phi) is 4.27. The van der Waals surface area contributed by atoms with E-state index < -0.39 is 0 Å². The highest BCUT2D eigenvalue weighted by molar-refractivity contribution is 6.00. The standard InChI is InChI=1S/C12H14N2O2/c1-9(15)14-11(12(16)13-2)8-10-6-4-3-5-7-10/h3-8H,1-2H3,(H,13,16)(H,14,15)/b11-8+. The summed E-state index contributed by atoms with van der Waals surface area (Å²) >= 11 is 0. The Morgan fingerprint density at radius 2 is 1.81 bits per heavy atom. The van der Waals surface area contributed by atoms with Crippen molar-refractivity contribution in [1.82, 2.24) is 10.6 Å². The Labute approximate surface area is 94.4 Å². The minimum atomic E-state index is -0.320. The Balaban J connectivity index is 2.96. The van der Waals surface area contributed by atoms with Crippen molar-refractivity contribution in [3.05, 3.63) is 41.6 Å². The third-order valence-electron chi connectivity index (χ3n) is 1.89. The first-order valence-electron chi connectivity index (χ1n) is 4.90. The molecule has 4 nitrogen and oxygen atoms in total. The maximum absolute atomic E-state index is 11.5. The van der Waals surface area contributed by atoms with E-state index in [-0.39, 0.29) is 17.5 Å². The van der Waals surface area contributed by atoms with Gasteiger partial charge in [-0.05, 0) is 11.6 Å². The lowest BCUT2D eigenvalue weighted by molar-refractivity contribution is -0.122. The first-order chi connectivity index (χ1) is 7.63. The van der Waals surface area contributed by atoms with Crippen LogP contribution in [-0.4, -0.2) is 18.9 Å². The van der Waals surface area contributed by atoms with Crippen LogP contribution in [0.25, 0.3) is 6.08 Å². The van der Waals surface area contributed by atoms with Crippen molar-refractivity contribution in [3.63, 3.8) is 0 Å². The fourth-order valence-electron chi connectivity index (χ4n) is 1.20. The van der Waals surface area contributed by atoms with Crippen LogP contribution in [0.5, 0.6) is 0 Å². The second kappa shape index (κ2) is 5.70. The van der Waals surface area contributed by atoms with Gasteiger partial charge in [0.05, 0.1) is 0 Å². The molecule has 0 aromatic heterocycles. The van der Waals surface area contributed by atoms with Crippen molar-refractivity contribution in [2.75, 3.05) is 7.05 Å². The molecule has 0 heterocycles. The second-order valence-corrected chi connectivity index (χ2v) is 3.23. The minimum absolute atomic E-state index is 0.237. The van der Waals surface area contributed by atoms with Gasteiger partial charge in [-0.2, -0.15) is 0 Å². The molecule has 0 spiro atoms. The normalized spacial score (nSPS) is 10.8. The molecule has 1 aromatic rings. The van der Waals surface area contributed by atoms with Gasteiger partial charge in [0, 0.05) is 14.0 Å². The Morgan fingerprint density at radius 1 is 1.19 bits per heavy atom. The van der Waals surface area contributed by atoms with Gasteiger partial charge in [0.15, 0.2) is 0 Å². The molecule has 0 aliphatic rings. The first kappa shape index (κ1) is 12.0. The number of benzene rings is 1. The summed E-state index contributed by atoms with van der Waals surface area (Å²) in [5.74, 6) is -0.593. The van der Waals surface area contributed by atoms with Crippen molar-refractivity contribution >= 4 is 17.9 Å². The van der Waals surface area contributed by atoms with Gasteiger partial charge in [0.1, 0.15) is 5.70 Å². The monoisotopic (exact) mass is 218 g/mol. The largest absolute Gasteiger partial charge is 0.354 e. The highest BCUT2D eigenvalue weighted by Gasteiger charge is 2.08. The predicted molar refractivity (Wildman–Crippen MR) is 62.3 cm³/mol. The zero-order valence-electron chi connectivity index (χ0n) is 9.28. The molecule has 1 rings (SSSR count). The molecule has 0 unspecified atom stereocenters. The summed E-state index contributed by atoms with van der Waals surface area (Å²) in [6, 6.07) is 9.31. The number of hydrogen-bond donors (Lipinski definition) is 2. The van der Waals surface area contributed by atoms with Gasteiger partial charge < -0.3 is 10.6 Å². The molecule has 0 aliphatic carbocycles. The summed E-state index contributed by atoms with van der Waals surface area (Å²) in [5, 5.41) is 4.96. The van der Waals surface area contributed by atoms with Crippen LogP contribution in [0.3, 0.4) is 0 Å². The molecule has 0 bridgehead atoms. The van der Waals surface area contributed by atoms with Crippen LogP contribution in [0.1, 0.15) is 12.5 Å². The second-order valence-electron chi connectivity index (χ2n) is 3.23. The van der Waals surface area contributed by atoms with Crippen LogP contribution >= 0.6 is 0 Å². The van der Waals surface area contributed by atoms with Gasteiger partial charge in [0.25, 0.3) is 5.91 Å². The molecule has 16 heavy (non-hydrogen) atoms. The first-order valence-corrected chi connectivity index (χ1v) is 4.90. The number of amides is 2. The van der Waals surface area contributed by atoms with E-state index in [1.54, 1.807) is 6.08 Å². The third kappa shape index (κ3) is 3.57. The SMILES string of the molecule is CNC(=O)/C(=C\c1ccccc1)NC(C)=O. The van der Waals surface area contributed by atoms with E-state index in [0.29, 0.717) is 0 Å². The van der Waals surface area contributed by atoms with Gasteiger partial charge in [0.2, 0.25) is 5.91 Å². The van der Waals surface area contributed by atoms with E-state index >= 15 is 0 Å². The maximum atomic E-state index is 11.5. The number of rotatable bonds is 3. The lowest BCUT2D eigenvalue weighted by Gasteiger charge is -2.06. The van der Waals surface area contributed by atoms with E-state index in [0.717, 1.165) is 5.56 Å². The van der Waals surface area contributed by atoms with Crippen LogP contribution in [-0.2, 0) is 9.59 Å². The summed E-state index contributed by atoms with van der Waals surface area (Å²) in [6.07, 6.45) is 1.63. The quantitative estimate of drug-likeness (QED) is 0.741. The van der Waals surface area contributed by atoms with E-state index in [2.05, 4.69) is 10.6 Å². The number of carbonyl (C=O) groups excluding carboxylic acids is 2. The van der Waals surface area contributed by atoms with Gasteiger partial charge in [-0.15, -0.1) is 0 Å². The number of hydrogen-bond acceptors (Lipinski definition) is 2. The van der Waals surface area contributed by atoms with E-state index in [1.807, 2.05) is 30.3 Å². The van der Waals surface area contributed by atoms with Crippen molar-refractivity contribution in [1.29, 1.82) is 0 Å². The molecule has 1 aromatic carbocycles. The molecule has 0 atom stereocenters. The lowest BCUT2D eigenvalue weighted by Crippen LogP contribution is -2.31. The number of likely N-dealkylation sites (N-methyl/N-ethyl adjacent to an activating group) is 1. The smallest absolute Gasteiger partial charge is 0.267 e. The minimum Gasteiger partial charge on any atom is -0.354 e. The molecule has 84 valence electrons. The van der Waals surface area contributed by atoms with Gasteiger partial charge in [-0.1, -0.05) is 30.3 Å². The van der Waals surface area contributed by atoms with Crippen LogP contribution in [0.2, 0.25) is 0 Å². The number of nitrogens with one attached hydrogen (secondary N) is 2. The molecular weight excluding hydrogens is 204 g/mol. The topological polar surface area (TPSA) is 58.2 Å². The average molecular weight is 218 g/mol. The van der Waals surface area contributed by atoms with Gasteiger partial charge in [-0.3, -0.25) is 9.59 Å². The Morgan fingerprint density at radius 3 is 2.31 bits per heavy atom. The summed E-state index contributed by atoms with van der Waals surface area (Å²) in [5.41, 5.74) is 1.09. The van der Waals surface area contributed by atoms with Crippen LogP contribution in [0, 0.1) is 0 Å². The lowest BCUT2D eigenvalue weighted by atomic mass is 10.2. The van der Waals surface area contributed by atoms with Gasteiger partial charge >= 0.3 is 0 Å². The Bertz CT molecular complexity index is 410. The predicted octanol–water partition coefficient (Wildman–Crippen LogP) is 0.910. The molecule has 2 amide bonds. The van der Waals surface area contributed by atoms with Crippen LogP contribution in [0.4, 0.5) is 0 Å². The average Bonchev–Trinajstić information content (AvgIpc) is 2.28.